The Morgan fingerprint density at radius 3 is 2.00 bits per heavy atom. The van der Waals surface area contributed by atoms with Gasteiger partial charge in [-0.3, -0.25) is 9.97 Å². The Bertz CT molecular complexity index is 579. The summed E-state index contributed by atoms with van der Waals surface area (Å²) in [6.07, 6.45) is 7.29. The van der Waals surface area contributed by atoms with E-state index >= 15 is 0 Å². The summed E-state index contributed by atoms with van der Waals surface area (Å²) < 4.78 is 0. The number of hydrogen-bond donors (Lipinski definition) is 0. The minimum atomic E-state index is 1.13. The molecule has 2 nitrogen and oxygen atoms in total. The van der Waals surface area contributed by atoms with E-state index in [1.54, 1.807) is 6.20 Å². The van der Waals surface area contributed by atoms with Gasteiger partial charge in [-0.25, -0.2) is 0 Å². The second-order valence-electron chi connectivity index (χ2n) is 4.06. The maximum atomic E-state index is 4.15. The van der Waals surface area contributed by atoms with E-state index < -0.39 is 0 Å². The van der Waals surface area contributed by atoms with Crippen molar-refractivity contribution in [3.63, 3.8) is 0 Å². The van der Waals surface area contributed by atoms with Crippen LogP contribution in [0.4, 0.5) is 0 Å². The third-order valence-electron chi connectivity index (χ3n) is 2.87. The van der Waals surface area contributed by atoms with E-state index in [9.17, 15) is 0 Å². The molecule has 0 aliphatic rings. The molecule has 0 saturated heterocycles. The summed E-state index contributed by atoms with van der Waals surface area (Å²) in [4.78, 5) is 8.19. The molecule has 0 amide bonds. The number of pyridine rings is 2. The largest absolute Gasteiger partial charge is 0.265 e. The zero-order valence-corrected chi connectivity index (χ0v) is 9.82. The maximum absolute atomic E-state index is 4.15. The van der Waals surface area contributed by atoms with Gasteiger partial charge in [0, 0.05) is 30.4 Å². The zero-order valence-electron chi connectivity index (χ0n) is 9.82. The normalized spacial score (nSPS) is 10.2. The van der Waals surface area contributed by atoms with E-state index in [0.29, 0.717) is 0 Å². The lowest BCUT2D eigenvalue weighted by Gasteiger charge is -2.05. The molecule has 1 aromatic carbocycles. The molecule has 0 saturated carbocycles. The van der Waals surface area contributed by atoms with Crippen molar-refractivity contribution >= 4 is 0 Å². The van der Waals surface area contributed by atoms with Crippen molar-refractivity contribution in [1.29, 1.82) is 0 Å². The van der Waals surface area contributed by atoms with Crippen molar-refractivity contribution in [1.82, 2.24) is 9.97 Å². The van der Waals surface area contributed by atoms with Gasteiger partial charge < -0.3 is 0 Å². The third kappa shape index (κ3) is 2.13. The SMILES string of the molecule is c1cncc(-c2cccc(-c3ccncc3)c2)c1. The maximum Gasteiger partial charge on any atom is 0.0346 e. The molecule has 0 aliphatic heterocycles. The molecule has 0 aliphatic carbocycles. The second kappa shape index (κ2) is 4.80. The predicted molar refractivity (Wildman–Crippen MR) is 72.9 cm³/mol. The van der Waals surface area contributed by atoms with Crippen LogP contribution in [0.15, 0.2) is 73.3 Å². The lowest BCUT2D eigenvalue weighted by molar-refractivity contribution is 1.32. The van der Waals surface area contributed by atoms with Gasteiger partial charge in [0.2, 0.25) is 0 Å². The summed E-state index contributed by atoms with van der Waals surface area (Å²) in [6, 6.07) is 16.5. The molecule has 0 N–H and O–H groups in total. The third-order valence-corrected chi connectivity index (χ3v) is 2.87. The van der Waals surface area contributed by atoms with Crippen molar-refractivity contribution in [3.05, 3.63) is 73.3 Å². The quantitative estimate of drug-likeness (QED) is 0.671. The lowest BCUT2D eigenvalue weighted by atomic mass is 10.0. The van der Waals surface area contributed by atoms with Crippen molar-refractivity contribution < 1.29 is 0 Å². The number of hydrogen-bond acceptors (Lipinski definition) is 2. The van der Waals surface area contributed by atoms with Gasteiger partial charge in [0.25, 0.3) is 0 Å². The Morgan fingerprint density at radius 1 is 0.556 bits per heavy atom. The van der Waals surface area contributed by atoms with Gasteiger partial charge in [-0.15, -0.1) is 0 Å². The standard InChI is InChI=1S/C16H12N2/c1-3-14(13-6-9-17-10-7-13)11-15(4-1)16-5-2-8-18-12-16/h1-12H. The molecule has 2 heteroatoms. The van der Waals surface area contributed by atoms with Crippen LogP contribution in [0.1, 0.15) is 0 Å². The lowest BCUT2D eigenvalue weighted by Crippen LogP contribution is -1.82. The molecule has 0 atom stereocenters. The van der Waals surface area contributed by atoms with Gasteiger partial charge in [-0.2, -0.15) is 0 Å². The summed E-state index contributed by atoms with van der Waals surface area (Å²) >= 11 is 0. The Kier molecular flexibility index (Phi) is 2.84. The van der Waals surface area contributed by atoms with Crippen LogP contribution in [0.5, 0.6) is 0 Å². The molecular formula is C16H12N2. The Balaban J connectivity index is 2.05. The second-order valence-corrected chi connectivity index (χ2v) is 4.06. The zero-order chi connectivity index (χ0) is 12.2. The van der Waals surface area contributed by atoms with Crippen molar-refractivity contribution in [2.45, 2.75) is 0 Å². The van der Waals surface area contributed by atoms with Crippen molar-refractivity contribution in [3.8, 4) is 22.3 Å². The van der Waals surface area contributed by atoms with E-state index in [0.717, 1.165) is 5.56 Å². The Hall–Kier alpha value is -2.48. The van der Waals surface area contributed by atoms with Crippen molar-refractivity contribution in [2.75, 3.05) is 0 Å². The summed E-state index contributed by atoms with van der Waals surface area (Å²) in [7, 11) is 0. The van der Waals surface area contributed by atoms with Gasteiger partial charge in [0.15, 0.2) is 0 Å². The van der Waals surface area contributed by atoms with Crippen LogP contribution in [0.3, 0.4) is 0 Å². The molecule has 0 unspecified atom stereocenters. The first-order valence-electron chi connectivity index (χ1n) is 5.84. The molecule has 2 aromatic heterocycles. The van der Waals surface area contributed by atoms with Crippen LogP contribution in [0, 0.1) is 0 Å². The van der Waals surface area contributed by atoms with Crippen molar-refractivity contribution in [2.24, 2.45) is 0 Å². The van der Waals surface area contributed by atoms with Gasteiger partial charge >= 0.3 is 0 Å². The highest BCUT2D eigenvalue weighted by Crippen LogP contribution is 2.25. The summed E-state index contributed by atoms with van der Waals surface area (Å²) in [5, 5.41) is 0. The highest BCUT2D eigenvalue weighted by molar-refractivity contribution is 5.72. The highest BCUT2D eigenvalue weighted by atomic mass is 14.6. The predicted octanol–water partition coefficient (Wildman–Crippen LogP) is 3.81. The molecule has 86 valence electrons. The summed E-state index contributed by atoms with van der Waals surface area (Å²) in [5.41, 5.74) is 4.68. The molecule has 0 radical (unpaired) electrons. The van der Waals surface area contributed by atoms with Gasteiger partial charge in [0.05, 0.1) is 0 Å². The average Bonchev–Trinajstić information content (AvgIpc) is 2.49. The fourth-order valence-corrected chi connectivity index (χ4v) is 1.96. The fraction of sp³-hybridized carbons (Fsp3) is 0. The summed E-state index contributed by atoms with van der Waals surface area (Å²) in [5.74, 6) is 0. The first-order valence-corrected chi connectivity index (χ1v) is 5.84. The first kappa shape index (κ1) is 10.7. The molecule has 18 heavy (non-hydrogen) atoms. The van der Waals surface area contributed by atoms with Gasteiger partial charge in [-0.05, 0) is 41.0 Å². The van der Waals surface area contributed by atoms with E-state index in [1.807, 2.05) is 36.8 Å². The molecule has 2 heterocycles. The number of benzene rings is 1. The van der Waals surface area contributed by atoms with Crippen LogP contribution in [0.25, 0.3) is 22.3 Å². The minimum Gasteiger partial charge on any atom is -0.265 e. The molecule has 0 bridgehead atoms. The van der Waals surface area contributed by atoms with Crippen LogP contribution in [-0.4, -0.2) is 9.97 Å². The topological polar surface area (TPSA) is 25.8 Å². The van der Waals surface area contributed by atoms with E-state index in [2.05, 4.69) is 40.3 Å². The van der Waals surface area contributed by atoms with Crippen LogP contribution < -0.4 is 0 Å². The van der Waals surface area contributed by atoms with E-state index in [-0.39, 0.29) is 0 Å². The molecule has 3 rings (SSSR count). The Morgan fingerprint density at radius 2 is 1.28 bits per heavy atom. The molecule has 0 spiro atoms. The molecule has 0 fully saturated rings. The fourth-order valence-electron chi connectivity index (χ4n) is 1.96. The average molecular weight is 232 g/mol. The van der Waals surface area contributed by atoms with Crippen LogP contribution >= 0.6 is 0 Å². The number of nitrogens with zero attached hydrogens (tertiary/aromatic N) is 2. The van der Waals surface area contributed by atoms with E-state index in [4.69, 9.17) is 0 Å². The van der Waals surface area contributed by atoms with Crippen LogP contribution in [-0.2, 0) is 0 Å². The number of aromatic nitrogens is 2. The summed E-state index contributed by atoms with van der Waals surface area (Å²) in [6.45, 7) is 0. The van der Waals surface area contributed by atoms with Gasteiger partial charge in [0.1, 0.15) is 0 Å². The molecule has 3 aromatic rings. The number of rotatable bonds is 2. The molecular weight excluding hydrogens is 220 g/mol. The minimum absolute atomic E-state index is 1.13. The first-order chi connectivity index (χ1) is 8.93. The smallest absolute Gasteiger partial charge is 0.0346 e. The monoisotopic (exact) mass is 232 g/mol. The van der Waals surface area contributed by atoms with Crippen LogP contribution in [0.2, 0.25) is 0 Å². The highest BCUT2D eigenvalue weighted by Gasteiger charge is 2.00. The van der Waals surface area contributed by atoms with Gasteiger partial charge in [-0.1, -0.05) is 24.3 Å². The Labute approximate surface area is 106 Å². The van der Waals surface area contributed by atoms with E-state index in [1.165, 1.54) is 16.7 Å².